The van der Waals surface area contributed by atoms with Crippen molar-refractivity contribution in [3.8, 4) is 0 Å². The molecule has 0 aliphatic heterocycles. The number of benzene rings is 1. The Bertz CT molecular complexity index is 452. The number of halogens is 2. The van der Waals surface area contributed by atoms with Crippen LogP contribution >= 0.6 is 23.2 Å². The third-order valence-corrected chi connectivity index (χ3v) is 4.52. The van der Waals surface area contributed by atoms with Crippen LogP contribution in [0.5, 0.6) is 0 Å². The van der Waals surface area contributed by atoms with E-state index < -0.39 is 0 Å². The smallest absolute Gasteiger partial charge is 0.166 e. The van der Waals surface area contributed by atoms with Crippen molar-refractivity contribution in [2.24, 2.45) is 11.3 Å². The zero-order valence-corrected chi connectivity index (χ0v) is 11.6. The molecule has 1 aromatic carbocycles. The molecule has 1 unspecified atom stereocenters. The molecule has 1 aliphatic rings. The first-order valence-corrected chi connectivity index (χ1v) is 6.67. The van der Waals surface area contributed by atoms with E-state index in [0.29, 0.717) is 15.6 Å². The Hall–Kier alpha value is -0.530. The molecule has 1 nitrogen and oxygen atoms in total. The van der Waals surface area contributed by atoms with Gasteiger partial charge in [-0.15, -0.1) is 0 Å². The van der Waals surface area contributed by atoms with Crippen molar-refractivity contribution in [1.82, 2.24) is 0 Å². The molecule has 2 rings (SSSR count). The lowest BCUT2D eigenvalue weighted by Crippen LogP contribution is -2.25. The fourth-order valence-electron chi connectivity index (χ4n) is 2.66. The number of rotatable bonds is 2. The van der Waals surface area contributed by atoms with Gasteiger partial charge in [0.25, 0.3) is 0 Å². The normalized spacial score (nSPS) is 22.7. The van der Waals surface area contributed by atoms with E-state index in [9.17, 15) is 4.79 Å². The summed E-state index contributed by atoms with van der Waals surface area (Å²) in [4.78, 5) is 12.4. The molecule has 0 bridgehead atoms. The minimum Gasteiger partial charge on any atom is -0.294 e. The second-order valence-electron chi connectivity index (χ2n) is 5.43. The molecule has 0 heterocycles. The van der Waals surface area contributed by atoms with Gasteiger partial charge in [-0.25, -0.2) is 0 Å². The van der Waals surface area contributed by atoms with Crippen LogP contribution in [0.25, 0.3) is 0 Å². The Morgan fingerprint density at radius 1 is 1.29 bits per heavy atom. The zero-order chi connectivity index (χ0) is 12.6. The fraction of sp³-hybridized carbons (Fsp3) is 0.500. The van der Waals surface area contributed by atoms with E-state index in [-0.39, 0.29) is 17.1 Å². The highest BCUT2D eigenvalue weighted by atomic mass is 35.5. The van der Waals surface area contributed by atoms with E-state index in [1.165, 1.54) is 0 Å². The van der Waals surface area contributed by atoms with Crippen LogP contribution in [0, 0.1) is 11.3 Å². The molecule has 92 valence electrons. The topological polar surface area (TPSA) is 17.1 Å². The molecule has 17 heavy (non-hydrogen) atoms. The van der Waals surface area contributed by atoms with Gasteiger partial charge in [0.05, 0.1) is 10.0 Å². The zero-order valence-electron chi connectivity index (χ0n) is 10.1. The van der Waals surface area contributed by atoms with Gasteiger partial charge in [0.1, 0.15) is 0 Å². The molecule has 1 saturated carbocycles. The fourth-order valence-corrected chi connectivity index (χ4v) is 2.96. The number of carbonyl (C=O) groups is 1. The van der Waals surface area contributed by atoms with Gasteiger partial charge in [-0.1, -0.05) is 43.5 Å². The van der Waals surface area contributed by atoms with Gasteiger partial charge in [0.15, 0.2) is 5.78 Å². The summed E-state index contributed by atoms with van der Waals surface area (Å²) in [6.07, 6.45) is 3.22. The molecule has 1 atom stereocenters. The summed E-state index contributed by atoms with van der Waals surface area (Å²) in [7, 11) is 0. The maximum Gasteiger partial charge on any atom is 0.166 e. The average Bonchev–Trinajstić information content (AvgIpc) is 2.61. The van der Waals surface area contributed by atoms with E-state index in [1.54, 1.807) is 18.2 Å². The number of carbonyl (C=O) groups excluding carboxylic acids is 1. The Balaban J connectivity index is 2.28. The van der Waals surface area contributed by atoms with E-state index in [0.717, 1.165) is 19.3 Å². The first-order valence-electron chi connectivity index (χ1n) is 5.91. The minimum absolute atomic E-state index is 0.100. The van der Waals surface area contributed by atoms with Crippen LogP contribution in [0.4, 0.5) is 0 Å². The number of ketones is 1. The quantitative estimate of drug-likeness (QED) is 0.691. The lowest BCUT2D eigenvalue weighted by atomic mass is 9.78. The van der Waals surface area contributed by atoms with Crippen LogP contribution in [-0.2, 0) is 0 Å². The largest absolute Gasteiger partial charge is 0.294 e. The molecule has 0 amide bonds. The summed E-state index contributed by atoms with van der Waals surface area (Å²) in [5.41, 5.74) is 0.780. The predicted molar refractivity (Wildman–Crippen MR) is 71.9 cm³/mol. The van der Waals surface area contributed by atoms with E-state index >= 15 is 0 Å². The van der Waals surface area contributed by atoms with Crippen molar-refractivity contribution < 1.29 is 4.79 Å². The van der Waals surface area contributed by atoms with Crippen LogP contribution in [0.2, 0.25) is 10.0 Å². The number of hydrogen-bond acceptors (Lipinski definition) is 1. The van der Waals surface area contributed by atoms with Crippen molar-refractivity contribution in [2.45, 2.75) is 33.1 Å². The lowest BCUT2D eigenvalue weighted by molar-refractivity contribution is 0.0839. The summed E-state index contributed by atoms with van der Waals surface area (Å²) in [5.74, 6) is 0.311. The van der Waals surface area contributed by atoms with Gasteiger partial charge >= 0.3 is 0 Å². The van der Waals surface area contributed by atoms with Crippen molar-refractivity contribution in [1.29, 1.82) is 0 Å². The lowest BCUT2D eigenvalue weighted by Gasteiger charge is -2.25. The minimum atomic E-state index is 0.100. The first kappa shape index (κ1) is 12.9. The first-order chi connectivity index (χ1) is 7.92. The highest BCUT2D eigenvalue weighted by molar-refractivity contribution is 6.42. The molecule has 3 heteroatoms. The van der Waals surface area contributed by atoms with Crippen molar-refractivity contribution >= 4 is 29.0 Å². The van der Waals surface area contributed by atoms with Gasteiger partial charge in [0.2, 0.25) is 0 Å². The average molecular weight is 271 g/mol. The summed E-state index contributed by atoms with van der Waals surface area (Å²) in [6.45, 7) is 4.33. The predicted octanol–water partition coefficient (Wildman–Crippen LogP) is 5.00. The van der Waals surface area contributed by atoms with Crippen LogP contribution in [0.3, 0.4) is 0 Å². The van der Waals surface area contributed by atoms with Gasteiger partial charge in [0, 0.05) is 11.5 Å². The van der Waals surface area contributed by atoms with Crippen molar-refractivity contribution in [3.05, 3.63) is 33.8 Å². The molecule has 0 aromatic heterocycles. The van der Waals surface area contributed by atoms with Gasteiger partial charge in [-0.05, 0) is 36.5 Å². The van der Waals surface area contributed by atoms with E-state index in [1.807, 2.05) is 0 Å². The summed E-state index contributed by atoms with van der Waals surface area (Å²) in [6, 6.07) is 5.14. The standard InChI is InChI=1S/C14H16Cl2O/c1-14(2)7-3-4-10(14)13(17)9-5-6-11(15)12(16)8-9/h5-6,8,10H,3-4,7H2,1-2H3. The maximum absolute atomic E-state index is 12.4. The Morgan fingerprint density at radius 2 is 2.00 bits per heavy atom. The van der Waals surface area contributed by atoms with Crippen molar-refractivity contribution in [2.75, 3.05) is 0 Å². The molecule has 0 radical (unpaired) electrons. The maximum atomic E-state index is 12.4. The Kier molecular flexibility index (Phi) is 3.51. The molecular weight excluding hydrogens is 255 g/mol. The molecular formula is C14H16Cl2O. The third-order valence-electron chi connectivity index (χ3n) is 3.78. The Morgan fingerprint density at radius 3 is 2.53 bits per heavy atom. The van der Waals surface area contributed by atoms with Gasteiger partial charge < -0.3 is 0 Å². The molecule has 0 saturated heterocycles. The van der Waals surface area contributed by atoms with Gasteiger partial charge in [-0.2, -0.15) is 0 Å². The third kappa shape index (κ3) is 2.51. The monoisotopic (exact) mass is 270 g/mol. The molecule has 1 aromatic rings. The van der Waals surface area contributed by atoms with Crippen LogP contribution in [-0.4, -0.2) is 5.78 Å². The van der Waals surface area contributed by atoms with E-state index in [4.69, 9.17) is 23.2 Å². The SMILES string of the molecule is CC1(C)CCCC1C(=O)c1ccc(Cl)c(Cl)c1. The van der Waals surface area contributed by atoms with E-state index in [2.05, 4.69) is 13.8 Å². The van der Waals surface area contributed by atoms with Crippen LogP contribution in [0.1, 0.15) is 43.5 Å². The molecule has 1 fully saturated rings. The summed E-state index contributed by atoms with van der Waals surface area (Å²) in [5, 5.41) is 0.946. The highest BCUT2D eigenvalue weighted by Gasteiger charge is 2.39. The molecule has 0 spiro atoms. The second kappa shape index (κ2) is 4.62. The van der Waals surface area contributed by atoms with Crippen LogP contribution < -0.4 is 0 Å². The van der Waals surface area contributed by atoms with Gasteiger partial charge in [-0.3, -0.25) is 4.79 Å². The highest BCUT2D eigenvalue weighted by Crippen LogP contribution is 2.44. The summed E-state index contributed by atoms with van der Waals surface area (Å²) >= 11 is 11.8. The molecule has 0 N–H and O–H groups in total. The number of Topliss-reactive ketones (excluding diaryl/α,β-unsaturated/α-hetero) is 1. The number of hydrogen-bond donors (Lipinski definition) is 0. The second-order valence-corrected chi connectivity index (χ2v) is 6.24. The van der Waals surface area contributed by atoms with Crippen molar-refractivity contribution in [3.63, 3.8) is 0 Å². The Labute approximate surface area is 112 Å². The van der Waals surface area contributed by atoms with Crippen LogP contribution in [0.15, 0.2) is 18.2 Å². The summed E-state index contributed by atoms with van der Waals surface area (Å²) < 4.78 is 0. The molecule has 1 aliphatic carbocycles.